The van der Waals surface area contributed by atoms with Gasteiger partial charge in [-0.2, -0.15) is 5.26 Å². The first-order valence-electron chi connectivity index (χ1n) is 5.65. The van der Waals surface area contributed by atoms with Crippen molar-refractivity contribution in [2.75, 3.05) is 5.32 Å². The average molecular weight is 235 g/mol. The lowest BCUT2D eigenvalue weighted by atomic mass is 9.91. The number of halogens is 1. The van der Waals surface area contributed by atoms with E-state index in [1.807, 2.05) is 24.3 Å². The molecule has 0 aromatic heterocycles. The van der Waals surface area contributed by atoms with E-state index in [9.17, 15) is 5.26 Å². The number of hydrogen-bond acceptors (Lipinski definition) is 2. The van der Waals surface area contributed by atoms with Crippen LogP contribution >= 0.6 is 11.6 Å². The molecule has 1 aromatic carbocycles. The van der Waals surface area contributed by atoms with Crippen molar-refractivity contribution in [1.29, 1.82) is 5.26 Å². The van der Waals surface area contributed by atoms with Gasteiger partial charge in [0, 0.05) is 10.7 Å². The highest BCUT2D eigenvalue weighted by molar-refractivity contribution is 6.30. The van der Waals surface area contributed by atoms with Crippen LogP contribution in [0.5, 0.6) is 0 Å². The molecule has 3 heteroatoms. The SMILES string of the molecule is CCC(C#N)(Nc1ccc(Cl)cc1)C1CC1. The van der Waals surface area contributed by atoms with Crippen molar-refractivity contribution in [1.82, 2.24) is 0 Å². The monoisotopic (exact) mass is 234 g/mol. The maximum atomic E-state index is 9.36. The summed E-state index contributed by atoms with van der Waals surface area (Å²) in [5.41, 5.74) is 0.577. The lowest BCUT2D eigenvalue weighted by Gasteiger charge is -2.27. The predicted octanol–water partition coefficient (Wildman–Crippen LogP) is 3.83. The molecule has 1 aliphatic rings. The van der Waals surface area contributed by atoms with Crippen LogP contribution in [0.1, 0.15) is 26.2 Å². The summed E-state index contributed by atoms with van der Waals surface area (Å²) in [7, 11) is 0. The zero-order valence-electron chi connectivity index (χ0n) is 9.33. The van der Waals surface area contributed by atoms with E-state index in [0.717, 1.165) is 30.0 Å². The molecule has 0 saturated heterocycles. The number of nitrogens with zero attached hydrogens (tertiary/aromatic N) is 1. The maximum absolute atomic E-state index is 9.36. The molecule has 1 unspecified atom stereocenters. The molecule has 2 nitrogen and oxygen atoms in total. The van der Waals surface area contributed by atoms with Gasteiger partial charge in [0.25, 0.3) is 0 Å². The quantitative estimate of drug-likeness (QED) is 0.860. The highest BCUT2D eigenvalue weighted by Crippen LogP contribution is 2.43. The van der Waals surface area contributed by atoms with E-state index < -0.39 is 5.54 Å². The number of benzene rings is 1. The van der Waals surface area contributed by atoms with Crippen molar-refractivity contribution in [2.45, 2.75) is 31.7 Å². The van der Waals surface area contributed by atoms with Gasteiger partial charge in [-0.3, -0.25) is 0 Å². The second-order valence-electron chi connectivity index (χ2n) is 4.34. The Labute approximate surface area is 101 Å². The molecule has 1 atom stereocenters. The van der Waals surface area contributed by atoms with Crippen LogP contribution in [0.15, 0.2) is 24.3 Å². The third kappa shape index (κ3) is 2.15. The van der Waals surface area contributed by atoms with E-state index in [-0.39, 0.29) is 0 Å². The topological polar surface area (TPSA) is 35.8 Å². The van der Waals surface area contributed by atoms with Crippen molar-refractivity contribution >= 4 is 17.3 Å². The third-order valence-electron chi connectivity index (χ3n) is 3.24. The van der Waals surface area contributed by atoms with Crippen molar-refractivity contribution in [3.8, 4) is 6.07 Å². The van der Waals surface area contributed by atoms with Crippen LogP contribution in [-0.4, -0.2) is 5.54 Å². The largest absolute Gasteiger partial charge is 0.367 e. The summed E-state index contributed by atoms with van der Waals surface area (Å²) in [6.07, 6.45) is 3.14. The Morgan fingerprint density at radius 3 is 2.50 bits per heavy atom. The Kier molecular flexibility index (Phi) is 3.07. The Balaban J connectivity index is 2.17. The van der Waals surface area contributed by atoms with Crippen molar-refractivity contribution in [2.24, 2.45) is 5.92 Å². The summed E-state index contributed by atoms with van der Waals surface area (Å²) in [5, 5.41) is 13.4. The smallest absolute Gasteiger partial charge is 0.127 e. The fourth-order valence-corrected chi connectivity index (χ4v) is 2.17. The summed E-state index contributed by atoms with van der Waals surface area (Å²) >= 11 is 5.83. The number of anilines is 1. The molecular weight excluding hydrogens is 220 g/mol. The first kappa shape index (κ1) is 11.3. The number of rotatable bonds is 4. The second-order valence-corrected chi connectivity index (χ2v) is 4.78. The molecule has 0 spiro atoms. The predicted molar refractivity (Wildman–Crippen MR) is 66.4 cm³/mol. The Hall–Kier alpha value is -1.20. The van der Waals surface area contributed by atoms with E-state index in [1.165, 1.54) is 0 Å². The van der Waals surface area contributed by atoms with Gasteiger partial charge in [-0.05, 0) is 49.4 Å². The van der Waals surface area contributed by atoms with Crippen molar-refractivity contribution in [3.05, 3.63) is 29.3 Å². The lowest BCUT2D eigenvalue weighted by molar-refractivity contribution is 0.499. The zero-order valence-corrected chi connectivity index (χ0v) is 10.1. The van der Waals surface area contributed by atoms with E-state index in [4.69, 9.17) is 11.6 Å². The standard InChI is InChI=1S/C13H15ClN2/c1-2-13(9-15,10-3-4-10)16-12-7-5-11(14)6-8-12/h5-8,10,16H,2-4H2,1H3. The van der Waals surface area contributed by atoms with Crippen LogP contribution < -0.4 is 5.32 Å². The van der Waals surface area contributed by atoms with Gasteiger partial charge in [0.15, 0.2) is 0 Å². The van der Waals surface area contributed by atoms with Gasteiger partial charge in [0.2, 0.25) is 0 Å². The van der Waals surface area contributed by atoms with Gasteiger partial charge >= 0.3 is 0 Å². The molecule has 84 valence electrons. The number of hydrogen-bond donors (Lipinski definition) is 1. The minimum Gasteiger partial charge on any atom is -0.367 e. The normalized spacial score (nSPS) is 18.6. The first-order valence-corrected chi connectivity index (χ1v) is 6.03. The van der Waals surface area contributed by atoms with E-state index in [1.54, 1.807) is 0 Å². The minimum atomic E-state index is -0.395. The maximum Gasteiger partial charge on any atom is 0.127 e. The Morgan fingerprint density at radius 1 is 1.44 bits per heavy atom. The molecular formula is C13H15ClN2. The highest BCUT2D eigenvalue weighted by atomic mass is 35.5. The summed E-state index contributed by atoms with van der Waals surface area (Å²) < 4.78 is 0. The first-order chi connectivity index (χ1) is 7.70. The lowest BCUT2D eigenvalue weighted by Crippen LogP contribution is -2.38. The fourth-order valence-electron chi connectivity index (χ4n) is 2.04. The van der Waals surface area contributed by atoms with E-state index >= 15 is 0 Å². The van der Waals surface area contributed by atoms with E-state index in [0.29, 0.717) is 5.92 Å². The molecule has 0 radical (unpaired) electrons. The molecule has 1 aliphatic carbocycles. The molecule has 1 N–H and O–H groups in total. The number of nitrogens with one attached hydrogen (secondary N) is 1. The summed E-state index contributed by atoms with van der Waals surface area (Å²) in [6, 6.07) is 9.98. The van der Waals surface area contributed by atoms with Crippen LogP contribution in [-0.2, 0) is 0 Å². The van der Waals surface area contributed by atoms with Gasteiger partial charge in [-0.25, -0.2) is 0 Å². The van der Waals surface area contributed by atoms with Gasteiger partial charge < -0.3 is 5.32 Å². The molecule has 2 rings (SSSR count). The van der Waals surface area contributed by atoms with Gasteiger partial charge in [-0.1, -0.05) is 18.5 Å². The fraction of sp³-hybridized carbons (Fsp3) is 0.462. The molecule has 0 amide bonds. The summed E-state index contributed by atoms with van der Waals surface area (Å²) in [5.74, 6) is 0.498. The second kappa shape index (κ2) is 4.35. The highest BCUT2D eigenvalue weighted by Gasteiger charge is 2.44. The molecule has 0 heterocycles. The van der Waals surface area contributed by atoms with Crippen molar-refractivity contribution in [3.63, 3.8) is 0 Å². The van der Waals surface area contributed by atoms with Crippen LogP contribution in [0.3, 0.4) is 0 Å². The van der Waals surface area contributed by atoms with E-state index in [2.05, 4.69) is 18.3 Å². The third-order valence-corrected chi connectivity index (χ3v) is 3.50. The van der Waals surface area contributed by atoms with Crippen LogP contribution in [0.2, 0.25) is 5.02 Å². The Morgan fingerprint density at radius 2 is 2.06 bits per heavy atom. The van der Waals surface area contributed by atoms with Gasteiger partial charge in [-0.15, -0.1) is 0 Å². The average Bonchev–Trinajstić information content (AvgIpc) is 3.13. The molecule has 1 aromatic rings. The van der Waals surface area contributed by atoms with Crippen LogP contribution in [0, 0.1) is 17.2 Å². The van der Waals surface area contributed by atoms with Gasteiger partial charge in [0.05, 0.1) is 6.07 Å². The molecule has 1 saturated carbocycles. The molecule has 16 heavy (non-hydrogen) atoms. The zero-order chi connectivity index (χ0) is 11.6. The summed E-state index contributed by atoms with van der Waals surface area (Å²) in [6.45, 7) is 2.06. The van der Waals surface area contributed by atoms with Crippen LogP contribution in [0.4, 0.5) is 5.69 Å². The summed E-state index contributed by atoms with van der Waals surface area (Å²) in [4.78, 5) is 0. The van der Waals surface area contributed by atoms with Crippen LogP contribution in [0.25, 0.3) is 0 Å². The molecule has 0 bridgehead atoms. The molecule has 1 fully saturated rings. The van der Waals surface area contributed by atoms with Crippen molar-refractivity contribution < 1.29 is 0 Å². The number of nitriles is 1. The Bertz CT molecular complexity index is 403. The molecule has 0 aliphatic heterocycles. The van der Waals surface area contributed by atoms with Gasteiger partial charge in [0.1, 0.15) is 5.54 Å². The minimum absolute atomic E-state index is 0.395.